The minimum atomic E-state index is -0.799. The standard InChI is InChI=1S/C20H20FN3O5/c1-3-27-15-9-10-17(28-4-2)16(11-15)22-18(25)12-24-20(26)29-19(23-24)13-5-7-14(21)8-6-13/h5-11H,3-4,12H2,1-2H3,(H,22,25). The Bertz CT molecular complexity index is 1040. The summed E-state index contributed by atoms with van der Waals surface area (Å²) in [6.45, 7) is 4.20. The van der Waals surface area contributed by atoms with Gasteiger partial charge in [-0.25, -0.2) is 9.18 Å². The van der Waals surface area contributed by atoms with Gasteiger partial charge in [-0.05, 0) is 50.2 Å². The van der Waals surface area contributed by atoms with E-state index in [1.54, 1.807) is 18.2 Å². The van der Waals surface area contributed by atoms with Gasteiger partial charge in [0.1, 0.15) is 23.9 Å². The predicted molar refractivity (Wildman–Crippen MR) is 104 cm³/mol. The van der Waals surface area contributed by atoms with Crippen molar-refractivity contribution in [3.8, 4) is 23.0 Å². The second-order valence-corrected chi connectivity index (χ2v) is 5.91. The number of ether oxygens (including phenoxy) is 2. The number of carbonyl (C=O) groups excluding carboxylic acids is 1. The number of nitrogens with one attached hydrogen (secondary N) is 1. The zero-order valence-corrected chi connectivity index (χ0v) is 16.0. The molecule has 0 saturated heterocycles. The summed E-state index contributed by atoms with van der Waals surface area (Å²) in [5.41, 5.74) is 0.837. The lowest BCUT2D eigenvalue weighted by Crippen LogP contribution is -2.26. The Balaban J connectivity index is 1.76. The fourth-order valence-electron chi connectivity index (χ4n) is 2.59. The third kappa shape index (κ3) is 5.01. The molecule has 8 nitrogen and oxygen atoms in total. The van der Waals surface area contributed by atoms with Gasteiger partial charge in [-0.3, -0.25) is 4.79 Å². The number of anilines is 1. The molecular formula is C20H20FN3O5. The molecular weight excluding hydrogens is 381 g/mol. The van der Waals surface area contributed by atoms with E-state index in [1.807, 2.05) is 13.8 Å². The van der Waals surface area contributed by atoms with Crippen LogP contribution in [0.25, 0.3) is 11.5 Å². The highest BCUT2D eigenvalue weighted by Gasteiger charge is 2.15. The summed E-state index contributed by atoms with van der Waals surface area (Å²) < 4.78 is 29.9. The molecule has 0 aliphatic heterocycles. The van der Waals surface area contributed by atoms with E-state index in [0.29, 0.717) is 36.0 Å². The summed E-state index contributed by atoms with van der Waals surface area (Å²) >= 11 is 0. The Morgan fingerprint density at radius 2 is 1.86 bits per heavy atom. The second kappa shape index (κ2) is 9.05. The van der Waals surface area contributed by atoms with Crippen LogP contribution >= 0.6 is 0 Å². The average molecular weight is 401 g/mol. The molecule has 0 bridgehead atoms. The first-order valence-electron chi connectivity index (χ1n) is 9.03. The molecule has 1 N–H and O–H groups in total. The smallest absolute Gasteiger partial charge is 0.437 e. The van der Waals surface area contributed by atoms with E-state index < -0.39 is 17.5 Å². The molecule has 152 valence electrons. The van der Waals surface area contributed by atoms with Crippen molar-refractivity contribution < 1.29 is 23.1 Å². The summed E-state index contributed by atoms with van der Waals surface area (Å²) in [6.07, 6.45) is 0. The Kier molecular flexibility index (Phi) is 6.28. The summed E-state index contributed by atoms with van der Waals surface area (Å²) in [6, 6.07) is 10.4. The highest BCUT2D eigenvalue weighted by atomic mass is 19.1. The predicted octanol–water partition coefficient (Wildman–Crippen LogP) is 3.08. The molecule has 1 amide bonds. The lowest BCUT2D eigenvalue weighted by Gasteiger charge is -2.13. The Morgan fingerprint density at radius 3 is 2.55 bits per heavy atom. The molecule has 0 atom stereocenters. The molecule has 0 aliphatic carbocycles. The minimum absolute atomic E-state index is 0.00357. The number of nitrogens with zero attached hydrogens (tertiary/aromatic N) is 2. The van der Waals surface area contributed by atoms with Crippen LogP contribution in [0.2, 0.25) is 0 Å². The van der Waals surface area contributed by atoms with Gasteiger partial charge in [0.25, 0.3) is 0 Å². The quantitative estimate of drug-likeness (QED) is 0.623. The number of carbonyl (C=O) groups is 1. The molecule has 0 spiro atoms. The van der Waals surface area contributed by atoms with Gasteiger partial charge < -0.3 is 19.2 Å². The maximum absolute atomic E-state index is 13.0. The van der Waals surface area contributed by atoms with Gasteiger partial charge in [0.05, 0.1) is 18.9 Å². The molecule has 29 heavy (non-hydrogen) atoms. The van der Waals surface area contributed by atoms with Crippen molar-refractivity contribution in [2.75, 3.05) is 18.5 Å². The molecule has 0 fully saturated rings. The number of hydrogen-bond acceptors (Lipinski definition) is 6. The van der Waals surface area contributed by atoms with E-state index in [1.165, 1.54) is 24.3 Å². The molecule has 1 aromatic heterocycles. The molecule has 1 heterocycles. The van der Waals surface area contributed by atoms with Crippen molar-refractivity contribution in [1.82, 2.24) is 9.78 Å². The van der Waals surface area contributed by atoms with Crippen LogP contribution in [0.5, 0.6) is 11.5 Å². The lowest BCUT2D eigenvalue weighted by molar-refractivity contribution is -0.117. The van der Waals surface area contributed by atoms with Gasteiger partial charge >= 0.3 is 5.76 Å². The van der Waals surface area contributed by atoms with Crippen molar-refractivity contribution >= 4 is 11.6 Å². The van der Waals surface area contributed by atoms with Gasteiger partial charge in [0, 0.05) is 11.6 Å². The van der Waals surface area contributed by atoms with E-state index in [-0.39, 0.29) is 12.4 Å². The molecule has 3 rings (SSSR count). The normalized spacial score (nSPS) is 10.6. The molecule has 2 aromatic carbocycles. The third-order valence-electron chi connectivity index (χ3n) is 3.83. The van der Waals surface area contributed by atoms with Crippen molar-refractivity contribution in [3.05, 3.63) is 58.8 Å². The van der Waals surface area contributed by atoms with Crippen LogP contribution in [0, 0.1) is 5.82 Å². The van der Waals surface area contributed by atoms with Crippen LogP contribution in [-0.4, -0.2) is 28.9 Å². The highest BCUT2D eigenvalue weighted by Crippen LogP contribution is 2.29. The first kappa shape index (κ1) is 20.1. The van der Waals surface area contributed by atoms with E-state index in [9.17, 15) is 14.0 Å². The molecule has 0 radical (unpaired) electrons. The van der Waals surface area contributed by atoms with Crippen molar-refractivity contribution in [2.24, 2.45) is 0 Å². The Labute approximate surface area is 165 Å². The first-order valence-corrected chi connectivity index (χ1v) is 9.03. The number of amides is 1. The van der Waals surface area contributed by atoms with Crippen LogP contribution in [0.1, 0.15) is 13.8 Å². The zero-order valence-electron chi connectivity index (χ0n) is 16.0. The molecule has 3 aromatic rings. The zero-order chi connectivity index (χ0) is 20.8. The summed E-state index contributed by atoms with van der Waals surface area (Å²) in [7, 11) is 0. The highest BCUT2D eigenvalue weighted by molar-refractivity contribution is 5.92. The van der Waals surface area contributed by atoms with Crippen LogP contribution < -0.4 is 20.5 Å². The Morgan fingerprint density at radius 1 is 1.14 bits per heavy atom. The van der Waals surface area contributed by atoms with Gasteiger partial charge in [-0.15, -0.1) is 5.10 Å². The third-order valence-corrected chi connectivity index (χ3v) is 3.83. The van der Waals surface area contributed by atoms with E-state index in [4.69, 9.17) is 13.9 Å². The van der Waals surface area contributed by atoms with Crippen molar-refractivity contribution in [1.29, 1.82) is 0 Å². The monoisotopic (exact) mass is 401 g/mol. The maximum atomic E-state index is 13.0. The van der Waals surface area contributed by atoms with E-state index in [0.717, 1.165) is 4.68 Å². The van der Waals surface area contributed by atoms with Gasteiger partial charge in [-0.2, -0.15) is 4.68 Å². The van der Waals surface area contributed by atoms with Crippen molar-refractivity contribution in [3.63, 3.8) is 0 Å². The molecule has 0 saturated carbocycles. The van der Waals surface area contributed by atoms with Gasteiger partial charge in [0.2, 0.25) is 11.8 Å². The summed E-state index contributed by atoms with van der Waals surface area (Å²) in [5, 5.41) is 6.69. The minimum Gasteiger partial charge on any atom is -0.494 e. The number of hydrogen-bond donors (Lipinski definition) is 1. The fourth-order valence-corrected chi connectivity index (χ4v) is 2.59. The summed E-state index contributed by atoms with van der Waals surface area (Å²) in [4.78, 5) is 24.5. The fraction of sp³-hybridized carbons (Fsp3) is 0.250. The number of benzene rings is 2. The van der Waals surface area contributed by atoms with Gasteiger partial charge in [-0.1, -0.05) is 0 Å². The lowest BCUT2D eigenvalue weighted by atomic mass is 10.2. The van der Waals surface area contributed by atoms with E-state index >= 15 is 0 Å². The second-order valence-electron chi connectivity index (χ2n) is 5.91. The largest absolute Gasteiger partial charge is 0.494 e. The topological polar surface area (TPSA) is 95.6 Å². The van der Waals surface area contributed by atoms with Crippen LogP contribution in [0.4, 0.5) is 10.1 Å². The van der Waals surface area contributed by atoms with Crippen LogP contribution in [0.15, 0.2) is 51.7 Å². The Hall–Kier alpha value is -3.62. The molecule has 0 unspecified atom stereocenters. The van der Waals surface area contributed by atoms with Crippen LogP contribution in [0.3, 0.4) is 0 Å². The van der Waals surface area contributed by atoms with Gasteiger partial charge in [0.15, 0.2) is 0 Å². The number of rotatable bonds is 8. The summed E-state index contributed by atoms with van der Waals surface area (Å²) in [5.74, 6) is -0.675. The number of aromatic nitrogens is 2. The molecule has 9 heteroatoms. The van der Waals surface area contributed by atoms with Crippen molar-refractivity contribution in [2.45, 2.75) is 20.4 Å². The number of halogens is 1. The maximum Gasteiger partial charge on any atom is 0.437 e. The van der Waals surface area contributed by atoms with Crippen LogP contribution in [-0.2, 0) is 11.3 Å². The SMILES string of the molecule is CCOc1ccc(OCC)c(NC(=O)Cn2nc(-c3ccc(F)cc3)oc2=O)c1. The van der Waals surface area contributed by atoms with E-state index in [2.05, 4.69) is 10.4 Å². The average Bonchev–Trinajstić information content (AvgIpc) is 3.05. The first-order chi connectivity index (χ1) is 14.0. The molecule has 0 aliphatic rings.